The summed E-state index contributed by atoms with van der Waals surface area (Å²) in [4.78, 5) is 0. The van der Waals surface area contributed by atoms with Crippen molar-refractivity contribution in [3.8, 4) is 0 Å². The molecule has 0 saturated carbocycles. The molecule has 0 aliphatic rings. The first-order valence-electron chi connectivity index (χ1n) is 14.8. The first kappa shape index (κ1) is 48.5. The van der Waals surface area contributed by atoms with Gasteiger partial charge < -0.3 is 0 Å². The van der Waals surface area contributed by atoms with E-state index in [4.69, 9.17) is 0 Å². The van der Waals surface area contributed by atoms with E-state index in [1.165, 1.54) is 0 Å². The van der Waals surface area contributed by atoms with Crippen molar-refractivity contribution in [2.75, 3.05) is 0 Å². The molecule has 0 fully saturated rings. The summed E-state index contributed by atoms with van der Waals surface area (Å²) in [6.07, 6.45) is -15.8. The lowest BCUT2D eigenvalue weighted by Crippen LogP contribution is -2.28. The van der Waals surface area contributed by atoms with Crippen LogP contribution in [0.4, 0.5) is 123 Å². The van der Waals surface area contributed by atoms with E-state index in [0.717, 1.165) is 0 Å². The highest BCUT2D eigenvalue weighted by Crippen LogP contribution is 2.53. The van der Waals surface area contributed by atoms with Crippen LogP contribution in [-0.2, 0) is 0 Å². The lowest BCUT2D eigenvalue weighted by atomic mass is 9.71. The first-order chi connectivity index (χ1) is 28.5. The molecular formula is C34H2F28. The molecule has 0 spiro atoms. The van der Waals surface area contributed by atoms with Crippen LogP contribution in [-0.4, -0.2) is 0 Å². The van der Waals surface area contributed by atoms with Gasteiger partial charge in [0, 0.05) is 34.1 Å². The van der Waals surface area contributed by atoms with E-state index in [1.54, 1.807) is 0 Å². The molecule has 4 rings (SSSR count). The molecule has 0 nitrogen and oxygen atoms in total. The number of halogens is 28. The monoisotopic (exact) mass is 942 g/mol. The zero-order chi connectivity index (χ0) is 47.6. The van der Waals surface area contributed by atoms with Crippen molar-refractivity contribution in [3.63, 3.8) is 0 Å². The normalized spacial score (nSPS) is 11.5. The van der Waals surface area contributed by atoms with E-state index in [-0.39, 0.29) is 0 Å². The lowest BCUT2D eigenvalue weighted by molar-refractivity contribution is 0.365. The molecule has 0 heterocycles. The molecule has 0 N–H and O–H groups in total. The zero-order valence-corrected chi connectivity index (χ0v) is 27.7. The Kier molecular flexibility index (Phi) is 13.6. The molecule has 334 valence electrons. The summed E-state index contributed by atoms with van der Waals surface area (Å²) in [5, 5.41) is 0. The third-order valence-corrected chi connectivity index (χ3v) is 8.31. The van der Waals surface area contributed by atoms with Gasteiger partial charge in [0.05, 0.1) is 22.3 Å². The topological polar surface area (TPSA) is 0 Å². The van der Waals surface area contributed by atoms with Gasteiger partial charge in [-0.1, -0.05) is 0 Å². The molecule has 28 heteroatoms. The predicted octanol–water partition coefficient (Wildman–Crippen LogP) is 15.0. The SMILES string of the molecule is FC(F)=C(F)c1c(F)c(F)c(C(c2c(F)c(F)c(C(F)=C(F)F)c(F)c2F)C(c2c(F)c(F)c(C(F)=C(F)F)c(F)c2F)c2c(F)c(F)c(C(F)=C(F)F)c(F)c2F)c(F)c1F. The highest BCUT2D eigenvalue weighted by Gasteiger charge is 2.49. The smallest absolute Gasteiger partial charge is 0.203 e. The minimum absolute atomic E-state index is 3.30. The van der Waals surface area contributed by atoms with Gasteiger partial charge in [0.2, 0.25) is 23.3 Å². The maximum Gasteiger partial charge on any atom is 0.306 e. The quantitative estimate of drug-likeness (QED) is 0.116. The molecule has 0 amide bonds. The van der Waals surface area contributed by atoms with Crippen LogP contribution < -0.4 is 0 Å². The first-order valence-corrected chi connectivity index (χ1v) is 14.8. The molecule has 4 aromatic carbocycles. The van der Waals surface area contributed by atoms with Crippen molar-refractivity contribution in [1.82, 2.24) is 0 Å². The summed E-state index contributed by atoms with van der Waals surface area (Å²) in [5.74, 6) is -86.0. The van der Waals surface area contributed by atoms with Crippen LogP contribution in [0.2, 0.25) is 0 Å². The van der Waals surface area contributed by atoms with Crippen molar-refractivity contribution >= 4 is 23.3 Å². The Balaban J connectivity index is 2.59. The van der Waals surface area contributed by atoms with Crippen molar-refractivity contribution in [2.45, 2.75) is 11.8 Å². The van der Waals surface area contributed by atoms with Gasteiger partial charge in [-0.2, -0.15) is 35.1 Å². The van der Waals surface area contributed by atoms with Crippen LogP contribution in [0.1, 0.15) is 56.3 Å². The molecule has 0 bridgehead atoms. The van der Waals surface area contributed by atoms with Gasteiger partial charge in [-0.3, -0.25) is 0 Å². The van der Waals surface area contributed by atoms with Crippen molar-refractivity contribution in [2.24, 2.45) is 0 Å². The fourth-order valence-electron chi connectivity index (χ4n) is 5.79. The minimum Gasteiger partial charge on any atom is -0.203 e. The van der Waals surface area contributed by atoms with Gasteiger partial charge in [0.25, 0.3) is 0 Å². The number of benzene rings is 4. The van der Waals surface area contributed by atoms with E-state index in [2.05, 4.69) is 0 Å². The molecule has 62 heavy (non-hydrogen) atoms. The number of hydrogen-bond donors (Lipinski definition) is 0. The van der Waals surface area contributed by atoms with E-state index in [9.17, 15) is 52.7 Å². The highest BCUT2D eigenvalue weighted by atomic mass is 19.3. The Morgan fingerprint density at radius 3 is 0.403 bits per heavy atom. The van der Waals surface area contributed by atoms with Crippen molar-refractivity contribution < 1.29 is 123 Å². The summed E-state index contributed by atoms with van der Waals surface area (Å²) in [7, 11) is 0. The van der Waals surface area contributed by atoms with Gasteiger partial charge in [-0.25, -0.2) is 87.8 Å². The Bertz CT molecular complexity index is 2220. The molecule has 0 aliphatic heterocycles. The van der Waals surface area contributed by atoms with Crippen LogP contribution in [0.15, 0.2) is 24.3 Å². The summed E-state index contributed by atoms with van der Waals surface area (Å²) < 4.78 is 409. The van der Waals surface area contributed by atoms with Gasteiger partial charge >= 0.3 is 24.3 Å². The Morgan fingerprint density at radius 1 is 0.194 bits per heavy atom. The molecule has 0 aliphatic carbocycles. The highest BCUT2D eigenvalue weighted by molar-refractivity contribution is 5.67. The van der Waals surface area contributed by atoms with Crippen LogP contribution in [0.5, 0.6) is 0 Å². The second-order valence-electron chi connectivity index (χ2n) is 11.4. The standard InChI is InChI=1S/C34H2F28/c35-11-3(12(36)20(44)7(19(11)43)27(51)31(55)56)1(4-13(37)21(45)8(22(46)14(4)38)28(52)32(57)58)2(5-15(39)23(47)9(24(48)16(5)40)29(53)33(59)60)6-17(41)25(49)10(26(50)18(6)42)30(54)34(61)62/h1-2H. The molecule has 0 saturated heterocycles. The largest absolute Gasteiger partial charge is 0.306 e. The second kappa shape index (κ2) is 17.3. The summed E-state index contributed by atoms with van der Waals surface area (Å²) in [6, 6.07) is 0. The third-order valence-electron chi connectivity index (χ3n) is 8.31. The number of hydrogen-bond acceptors (Lipinski definition) is 0. The van der Waals surface area contributed by atoms with Gasteiger partial charge in [-0.05, 0) is 0 Å². The average molecular weight is 942 g/mol. The van der Waals surface area contributed by atoms with Gasteiger partial charge in [0.1, 0.15) is 0 Å². The van der Waals surface area contributed by atoms with Gasteiger partial charge in [-0.15, -0.1) is 0 Å². The van der Waals surface area contributed by atoms with Crippen LogP contribution >= 0.6 is 0 Å². The van der Waals surface area contributed by atoms with Gasteiger partial charge in [0.15, 0.2) is 93.1 Å². The molecule has 0 atom stereocenters. The predicted molar refractivity (Wildman–Crippen MR) is 150 cm³/mol. The molecule has 0 aromatic heterocycles. The maximum atomic E-state index is 15.9. The van der Waals surface area contributed by atoms with E-state index in [1.807, 2.05) is 0 Å². The molecule has 0 radical (unpaired) electrons. The van der Waals surface area contributed by atoms with E-state index >= 15 is 70.2 Å². The van der Waals surface area contributed by atoms with Crippen LogP contribution in [0, 0.1) is 93.1 Å². The Morgan fingerprint density at radius 2 is 0.306 bits per heavy atom. The van der Waals surface area contributed by atoms with Crippen LogP contribution in [0.25, 0.3) is 23.3 Å². The molecule has 0 unspecified atom stereocenters. The van der Waals surface area contributed by atoms with Crippen molar-refractivity contribution in [3.05, 3.63) is 162 Å². The number of rotatable bonds is 9. The average Bonchev–Trinajstić information content (AvgIpc) is 3.19. The fourth-order valence-corrected chi connectivity index (χ4v) is 5.79. The fraction of sp³-hybridized carbons (Fsp3) is 0.0588. The Hall–Kier alpha value is -6.12. The Labute approximate surface area is 320 Å². The summed E-state index contributed by atoms with van der Waals surface area (Å²) in [5.41, 5.74) is -27.6. The zero-order valence-electron chi connectivity index (χ0n) is 27.7. The third kappa shape index (κ3) is 7.48. The summed E-state index contributed by atoms with van der Waals surface area (Å²) in [6.45, 7) is 0. The van der Waals surface area contributed by atoms with E-state index < -0.39 is 197 Å². The van der Waals surface area contributed by atoms with Crippen LogP contribution in [0.3, 0.4) is 0 Å². The molecule has 4 aromatic rings. The van der Waals surface area contributed by atoms with E-state index in [0.29, 0.717) is 0 Å². The molecular weight excluding hydrogens is 940 g/mol. The maximum absolute atomic E-state index is 15.9. The second-order valence-corrected chi connectivity index (χ2v) is 11.4. The minimum atomic E-state index is -5.14. The lowest BCUT2D eigenvalue weighted by Gasteiger charge is -2.32. The van der Waals surface area contributed by atoms with Crippen molar-refractivity contribution in [1.29, 1.82) is 0 Å². The summed E-state index contributed by atoms with van der Waals surface area (Å²) >= 11 is 0.